The van der Waals surface area contributed by atoms with Crippen molar-refractivity contribution in [3.63, 3.8) is 0 Å². The molecule has 1 aromatic heterocycles. The summed E-state index contributed by atoms with van der Waals surface area (Å²) in [5.41, 5.74) is 0.810. The first-order valence-electron chi connectivity index (χ1n) is 9.77. The first-order valence-corrected chi connectivity index (χ1v) is 9.77. The second-order valence-corrected chi connectivity index (χ2v) is 7.19. The number of cyclic esters (lactones) is 1. The van der Waals surface area contributed by atoms with Gasteiger partial charge in [0.25, 0.3) is 0 Å². The van der Waals surface area contributed by atoms with Gasteiger partial charge in [0, 0.05) is 36.8 Å². The van der Waals surface area contributed by atoms with Crippen molar-refractivity contribution in [1.29, 1.82) is 0 Å². The lowest BCUT2D eigenvalue weighted by Gasteiger charge is -2.39. The molecule has 0 bridgehead atoms. The van der Waals surface area contributed by atoms with Crippen LogP contribution in [0, 0.1) is 0 Å². The topological polar surface area (TPSA) is 77.0 Å². The lowest BCUT2D eigenvalue weighted by molar-refractivity contribution is -0.152. The molecule has 8 nitrogen and oxygen atoms in total. The summed E-state index contributed by atoms with van der Waals surface area (Å²) in [5.74, 6) is 0.664. The molecule has 2 aliphatic heterocycles. The number of benzene rings is 1. The van der Waals surface area contributed by atoms with Gasteiger partial charge >= 0.3 is 12.0 Å². The molecule has 0 saturated carbocycles. The number of piperidine rings is 1. The number of aromatic nitrogens is 2. The number of rotatable bonds is 6. The zero-order chi connectivity index (χ0) is 19.3. The summed E-state index contributed by atoms with van der Waals surface area (Å²) in [5, 5.41) is 0.955. The highest BCUT2D eigenvalue weighted by molar-refractivity contribution is 5.79. The van der Waals surface area contributed by atoms with Crippen LogP contribution in [0.2, 0.25) is 0 Å². The maximum atomic E-state index is 11.5. The number of carbonyl (C=O) groups is 1. The van der Waals surface area contributed by atoms with E-state index in [0.29, 0.717) is 31.8 Å². The normalized spacial score (nSPS) is 19.5. The van der Waals surface area contributed by atoms with Crippen molar-refractivity contribution in [2.75, 3.05) is 53.0 Å². The highest BCUT2D eigenvalue weighted by Gasteiger charge is 2.28. The van der Waals surface area contributed by atoms with Gasteiger partial charge in [-0.05, 0) is 38.1 Å². The molecule has 0 atom stereocenters. The number of methoxy groups -OCH3 is 1. The number of morpholine rings is 1. The van der Waals surface area contributed by atoms with Crippen molar-refractivity contribution in [3.05, 3.63) is 24.4 Å². The predicted octanol–water partition coefficient (Wildman–Crippen LogP) is 1.34. The van der Waals surface area contributed by atoms with Gasteiger partial charge in [0.05, 0.1) is 19.2 Å². The molecule has 150 valence electrons. The summed E-state index contributed by atoms with van der Waals surface area (Å²) in [7, 11) is 1.64. The molecule has 0 spiro atoms. The Hall–Kier alpha value is -2.45. The average Bonchev–Trinajstić information content (AvgIpc) is 2.73. The molecule has 0 unspecified atom stereocenters. The molecule has 2 aromatic rings. The largest absolute Gasteiger partial charge is 0.497 e. The molecule has 2 aliphatic rings. The third kappa shape index (κ3) is 4.51. The molecule has 0 aliphatic carbocycles. The quantitative estimate of drug-likeness (QED) is 0.689. The minimum Gasteiger partial charge on any atom is -0.497 e. The van der Waals surface area contributed by atoms with E-state index in [1.165, 1.54) is 0 Å². The lowest BCUT2D eigenvalue weighted by Crippen LogP contribution is -2.50. The van der Waals surface area contributed by atoms with E-state index >= 15 is 0 Å². The van der Waals surface area contributed by atoms with Crippen molar-refractivity contribution in [2.45, 2.75) is 18.9 Å². The van der Waals surface area contributed by atoms with Gasteiger partial charge in [-0.3, -0.25) is 14.6 Å². The van der Waals surface area contributed by atoms with Crippen LogP contribution >= 0.6 is 0 Å². The number of ether oxygens (including phenoxy) is 3. The van der Waals surface area contributed by atoms with Crippen LogP contribution in [0.25, 0.3) is 10.9 Å². The van der Waals surface area contributed by atoms with Gasteiger partial charge in [0.2, 0.25) is 0 Å². The Balaban J connectivity index is 1.23. The molecule has 0 amide bonds. The van der Waals surface area contributed by atoms with Gasteiger partial charge in [-0.25, -0.2) is 4.98 Å². The van der Waals surface area contributed by atoms with Gasteiger partial charge in [-0.2, -0.15) is 4.98 Å². The molecule has 0 N–H and O–H groups in total. The van der Waals surface area contributed by atoms with Crippen LogP contribution in [0.3, 0.4) is 0 Å². The Morgan fingerprint density at radius 3 is 2.89 bits per heavy atom. The first kappa shape index (κ1) is 18.9. The van der Waals surface area contributed by atoms with E-state index in [9.17, 15) is 4.79 Å². The molecule has 28 heavy (non-hydrogen) atoms. The van der Waals surface area contributed by atoms with E-state index < -0.39 is 0 Å². The summed E-state index contributed by atoms with van der Waals surface area (Å²) < 4.78 is 16.0. The fourth-order valence-electron chi connectivity index (χ4n) is 3.84. The summed E-state index contributed by atoms with van der Waals surface area (Å²) in [6.45, 7) is 5.21. The Kier molecular flexibility index (Phi) is 5.87. The number of esters is 1. The highest BCUT2D eigenvalue weighted by atomic mass is 16.5. The molecule has 2 saturated heterocycles. The second kappa shape index (κ2) is 8.70. The fraction of sp³-hybridized carbons (Fsp3) is 0.550. The van der Waals surface area contributed by atoms with Crippen molar-refractivity contribution in [2.24, 2.45) is 0 Å². The van der Waals surface area contributed by atoms with E-state index in [1.807, 2.05) is 18.2 Å². The van der Waals surface area contributed by atoms with Gasteiger partial charge < -0.3 is 14.2 Å². The number of fused-ring (bicyclic) bond motifs is 1. The van der Waals surface area contributed by atoms with Crippen LogP contribution in [0.1, 0.15) is 12.8 Å². The zero-order valence-corrected chi connectivity index (χ0v) is 16.2. The minimum absolute atomic E-state index is 0.102. The highest BCUT2D eigenvalue weighted by Crippen LogP contribution is 2.20. The summed E-state index contributed by atoms with van der Waals surface area (Å²) in [6, 6.07) is 6.57. The van der Waals surface area contributed by atoms with Gasteiger partial charge in [-0.15, -0.1) is 0 Å². The smallest absolute Gasteiger partial charge is 0.320 e. The van der Waals surface area contributed by atoms with Crippen LogP contribution in [0.4, 0.5) is 0 Å². The van der Waals surface area contributed by atoms with Gasteiger partial charge in [0.15, 0.2) is 0 Å². The summed E-state index contributed by atoms with van der Waals surface area (Å²) in [4.78, 5) is 24.9. The summed E-state index contributed by atoms with van der Waals surface area (Å²) in [6.07, 6.45) is 3.91. The van der Waals surface area contributed by atoms with E-state index in [4.69, 9.17) is 14.2 Å². The molecular formula is C20H26N4O4. The maximum absolute atomic E-state index is 11.5. The number of hydrogen-bond donors (Lipinski definition) is 0. The number of likely N-dealkylation sites (tertiary alicyclic amines) is 1. The first-order chi connectivity index (χ1) is 13.7. The van der Waals surface area contributed by atoms with Crippen LogP contribution in [-0.4, -0.2) is 84.8 Å². The SMILES string of the molecule is COc1ccc2cnc(OCCN3CCC(N4CCOC(=O)C4)CC3)nc2c1. The van der Waals surface area contributed by atoms with E-state index in [-0.39, 0.29) is 5.97 Å². The Bertz CT molecular complexity index is 823. The minimum atomic E-state index is -0.102. The van der Waals surface area contributed by atoms with Gasteiger partial charge in [0.1, 0.15) is 19.0 Å². The third-order valence-corrected chi connectivity index (χ3v) is 5.45. The Labute approximate surface area is 164 Å². The van der Waals surface area contributed by atoms with Crippen LogP contribution in [0.15, 0.2) is 24.4 Å². The molecule has 4 rings (SSSR count). The van der Waals surface area contributed by atoms with E-state index in [1.54, 1.807) is 13.3 Å². The van der Waals surface area contributed by atoms with Crippen molar-refractivity contribution in [3.8, 4) is 11.8 Å². The fourth-order valence-corrected chi connectivity index (χ4v) is 3.84. The lowest BCUT2D eigenvalue weighted by atomic mass is 10.0. The van der Waals surface area contributed by atoms with Gasteiger partial charge in [-0.1, -0.05) is 0 Å². The number of nitrogens with zero attached hydrogens (tertiary/aromatic N) is 4. The molecule has 1 aromatic carbocycles. The van der Waals surface area contributed by atoms with Crippen molar-refractivity contribution >= 4 is 16.9 Å². The molecule has 2 fully saturated rings. The van der Waals surface area contributed by atoms with Crippen molar-refractivity contribution < 1.29 is 19.0 Å². The number of hydrogen-bond acceptors (Lipinski definition) is 8. The van der Waals surface area contributed by atoms with Crippen LogP contribution < -0.4 is 9.47 Å². The Morgan fingerprint density at radius 1 is 1.25 bits per heavy atom. The third-order valence-electron chi connectivity index (χ3n) is 5.45. The number of carbonyl (C=O) groups excluding carboxylic acids is 1. The Morgan fingerprint density at radius 2 is 2.11 bits per heavy atom. The average molecular weight is 386 g/mol. The second-order valence-electron chi connectivity index (χ2n) is 7.19. The van der Waals surface area contributed by atoms with Crippen LogP contribution in [-0.2, 0) is 9.53 Å². The molecule has 3 heterocycles. The van der Waals surface area contributed by atoms with E-state index in [0.717, 1.165) is 55.7 Å². The monoisotopic (exact) mass is 386 g/mol. The summed E-state index contributed by atoms with van der Waals surface area (Å²) >= 11 is 0. The molecular weight excluding hydrogens is 360 g/mol. The van der Waals surface area contributed by atoms with E-state index in [2.05, 4.69) is 19.8 Å². The van der Waals surface area contributed by atoms with Crippen LogP contribution in [0.5, 0.6) is 11.8 Å². The zero-order valence-electron chi connectivity index (χ0n) is 16.2. The maximum Gasteiger partial charge on any atom is 0.320 e. The van der Waals surface area contributed by atoms with Crippen molar-refractivity contribution in [1.82, 2.24) is 19.8 Å². The molecule has 0 radical (unpaired) electrons. The standard InChI is InChI=1S/C20H26N4O4/c1-26-17-3-2-15-13-21-20(22-18(15)12-17)28-10-8-23-6-4-16(5-7-23)24-9-11-27-19(25)14-24/h2-3,12-13,16H,4-11,14H2,1H3. The predicted molar refractivity (Wildman–Crippen MR) is 104 cm³/mol. The molecule has 8 heteroatoms.